The molecule has 1 aliphatic rings. The van der Waals surface area contributed by atoms with Gasteiger partial charge in [-0.05, 0) is 43.4 Å². The number of hydrogen-bond donors (Lipinski definition) is 1. The van der Waals surface area contributed by atoms with Crippen molar-refractivity contribution in [1.29, 1.82) is 0 Å². The Morgan fingerprint density at radius 1 is 1.30 bits per heavy atom. The van der Waals surface area contributed by atoms with Crippen molar-refractivity contribution in [2.45, 2.75) is 53.4 Å². The van der Waals surface area contributed by atoms with E-state index in [4.69, 9.17) is 4.74 Å². The first kappa shape index (κ1) is 17.0. The molecule has 1 rings (SSSR count). The molecule has 1 N–H and O–H groups in total. The highest BCUT2D eigenvalue weighted by Crippen LogP contribution is 2.39. The van der Waals surface area contributed by atoms with E-state index < -0.39 is 0 Å². The second kappa shape index (κ2) is 8.28. The van der Waals surface area contributed by atoms with Crippen molar-refractivity contribution in [2.24, 2.45) is 23.7 Å². The summed E-state index contributed by atoms with van der Waals surface area (Å²) in [6.07, 6.45) is 4.14. The molecular formula is C16H29NO3. The summed E-state index contributed by atoms with van der Waals surface area (Å²) < 4.78 is 4.81. The smallest absolute Gasteiger partial charge is 0.325 e. The molecule has 0 aromatic carbocycles. The summed E-state index contributed by atoms with van der Waals surface area (Å²) in [6.45, 7) is 8.84. The minimum atomic E-state index is -0.363. The number of hydrogen-bond acceptors (Lipinski definition) is 3. The van der Waals surface area contributed by atoms with Gasteiger partial charge in [0.25, 0.3) is 0 Å². The van der Waals surface area contributed by atoms with E-state index in [1.54, 1.807) is 6.92 Å². The van der Waals surface area contributed by atoms with Gasteiger partial charge in [-0.3, -0.25) is 9.59 Å². The zero-order valence-electron chi connectivity index (χ0n) is 13.3. The van der Waals surface area contributed by atoms with Crippen LogP contribution >= 0.6 is 0 Å². The van der Waals surface area contributed by atoms with E-state index in [1.807, 2.05) is 0 Å². The van der Waals surface area contributed by atoms with Gasteiger partial charge in [-0.2, -0.15) is 0 Å². The minimum absolute atomic E-state index is 0.0126. The molecule has 0 heterocycles. The van der Waals surface area contributed by atoms with Crippen LogP contribution in [0.4, 0.5) is 0 Å². The van der Waals surface area contributed by atoms with E-state index in [1.165, 1.54) is 12.8 Å². The van der Waals surface area contributed by atoms with Crippen LogP contribution < -0.4 is 5.32 Å². The second-order valence-corrected chi connectivity index (χ2v) is 6.37. The van der Waals surface area contributed by atoms with Crippen LogP contribution in [-0.4, -0.2) is 25.0 Å². The molecule has 3 atom stereocenters. The average molecular weight is 283 g/mol. The predicted molar refractivity (Wildman–Crippen MR) is 79.1 cm³/mol. The van der Waals surface area contributed by atoms with Gasteiger partial charge in [0.15, 0.2) is 0 Å². The van der Waals surface area contributed by atoms with Crippen LogP contribution in [0.2, 0.25) is 0 Å². The molecule has 1 fully saturated rings. The Balaban J connectivity index is 2.43. The number of rotatable bonds is 6. The van der Waals surface area contributed by atoms with Crippen LogP contribution in [0, 0.1) is 23.7 Å². The summed E-state index contributed by atoms with van der Waals surface area (Å²) in [5, 5.41) is 2.68. The van der Waals surface area contributed by atoms with Crippen LogP contribution in [-0.2, 0) is 14.3 Å². The van der Waals surface area contributed by atoms with Gasteiger partial charge >= 0.3 is 5.97 Å². The molecule has 0 aromatic heterocycles. The molecule has 0 spiro atoms. The molecule has 0 aliphatic heterocycles. The predicted octanol–water partition coefficient (Wildman–Crippen LogP) is 2.76. The third kappa shape index (κ3) is 5.51. The van der Waals surface area contributed by atoms with Crippen molar-refractivity contribution in [3.63, 3.8) is 0 Å². The van der Waals surface area contributed by atoms with Gasteiger partial charge in [0, 0.05) is 6.42 Å². The maximum absolute atomic E-state index is 12.0. The first-order chi connectivity index (χ1) is 9.43. The number of esters is 1. The van der Waals surface area contributed by atoms with Gasteiger partial charge in [-0.1, -0.05) is 27.2 Å². The summed E-state index contributed by atoms with van der Waals surface area (Å²) in [5.74, 6) is 2.00. The fourth-order valence-corrected chi connectivity index (χ4v) is 3.33. The average Bonchev–Trinajstić information content (AvgIpc) is 2.36. The molecule has 4 heteroatoms. The second-order valence-electron chi connectivity index (χ2n) is 6.37. The van der Waals surface area contributed by atoms with Crippen LogP contribution in [0.5, 0.6) is 0 Å². The van der Waals surface area contributed by atoms with E-state index in [-0.39, 0.29) is 18.4 Å². The lowest BCUT2D eigenvalue weighted by molar-refractivity contribution is -0.143. The zero-order chi connectivity index (χ0) is 15.1. The van der Waals surface area contributed by atoms with Crippen LogP contribution in [0.1, 0.15) is 53.4 Å². The lowest BCUT2D eigenvalue weighted by Gasteiger charge is -2.37. The quantitative estimate of drug-likeness (QED) is 0.763. The summed E-state index contributed by atoms with van der Waals surface area (Å²) >= 11 is 0. The standard InChI is InChI=1S/C16H29NO3/c1-5-20-16(19)10-17-15(18)9-13-8-12(4)6-7-14(13)11(2)3/h11-14H,5-10H2,1-4H3,(H,17,18). The van der Waals surface area contributed by atoms with E-state index in [0.29, 0.717) is 36.7 Å². The van der Waals surface area contributed by atoms with Gasteiger partial charge in [-0.15, -0.1) is 0 Å². The molecule has 0 aromatic rings. The summed E-state index contributed by atoms with van der Waals surface area (Å²) in [7, 11) is 0. The minimum Gasteiger partial charge on any atom is -0.465 e. The molecule has 1 saturated carbocycles. The fourth-order valence-electron chi connectivity index (χ4n) is 3.33. The largest absolute Gasteiger partial charge is 0.465 e. The maximum Gasteiger partial charge on any atom is 0.325 e. The Bertz CT molecular complexity index is 328. The zero-order valence-corrected chi connectivity index (χ0v) is 13.3. The lowest BCUT2D eigenvalue weighted by Crippen LogP contribution is -2.35. The normalized spacial score (nSPS) is 26.4. The molecular weight excluding hydrogens is 254 g/mol. The summed E-state index contributed by atoms with van der Waals surface area (Å²) in [6, 6.07) is 0. The highest BCUT2D eigenvalue weighted by atomic mass is 16.5. The first-order valence-electron chi connectivity index (χ1n) is 7.86. The van der Waals surface area contributed by atoms with Gasteiger partial charge in [-0.25, -0.2) is 0 Å². The monoisotopic (exact) mass is 283 g/mol. The molecule has 0 bridgehead atoms. The van der Waals surface area contributed by atoms with Crippen molar-refractivity contribution in [3.8, 4) is 0 Å². The van der Waals surface area contributed by atoms with Gasteiger partial charge < -0.3 is 10.1 Å². The number of ether oxygens (including phenoxy) is 1. The highest BCUT2D eigenvalue weighted by Gasteiger charge is 2.31. The van der Waals surface area contributed by atoms with Crippen molar-refractivity contribution in [3.05, 3.63) is 0 Å². The van der Waals surface area contributed by atoms with E-state index in [0.717, 1.165) is 6.42 Å². The SMILES string of the molecule is CCOC(=O)CNC(=O)CC1CC(C)CCC1C(C)C. The molecule has 20 heavy (non-hydrogen) atoms. The third-order valence-corrected chi connectivity index (χ3v) is 4.34. The molecule has 1 aliphatic carbocycles. The Labute approximate surface area is 122 Å². The molecule has 1 amide bonds. The topological polar surface area (TPSA) is 55.4 Å². The van der Waals surface area contributed by atoms with Crippen molar-refractivity contribution in [2.75, 3.05) is 13.2 Å². The van der Waals surface area contributed by atoms with Crippen molar-refractivity contribution in [1.82, 2.24) is 5.32 Å². The lowest BCUT2D eigenvalue weighted by atomic mass is 9.69. The van der Waals surface area contributed by atoms with Crippen LogP contribution in [0.25, 0.3) is 0 Å². The Morgan fingerprint density at radius 2 is 2.00 bits per heavy atom. The molecule has 0 radical (unpaired) electrons. The molecule has 4 nitrogen and oxygen atoms in total. The van der Waals surface area contributed by atoms with Crippen LogP contribution in [0.3, 0.4) is 0 Å². The maximum atomic E-state index is 12.0. The van der Waals surface area contributed by atoms with Crippen molar-refractivity contribution < 1.29 is 14.3 Å². The number of nitrogens with one attached hydrogen (secondary N) is 1. The number of carbonyl (C=O) groups excluding carboxylic acids is 2. The van der Waals surface area contributed by atoms with Crippen LogP contribution in [0.15, 0.2) is 0 Å². The Kier molecular flexibility index (Phi) is 7.03. The van der Waals surface area contributed by atoms with Gasteiger partial charge in [0.05, 0.1) is 6.61 Å². The first-order valence-corrected chi connectivity index (χ1v) is 7.86. The molecule has 3 unspecified atom stereocenters. The van der Waals surface area contributed by atoms with Crippen molar-refractivity contribution >= 4 is 11.9 Å². The van der Waals surface area contributed by atoms with Gasteiger partial charge in [0.1, 0.15) is 6.54 Å². The Morgan fingerprint density at radius 3 is 2.60 bits per heavy atom. The van der Waals surface area contributed by atoms with Gasteiger partial charge in [0.2, 0.25) is 5.91 Å². The van der Waals surface area contributed by atoms with E-state index >= 15 is 0 Å². The summed E-state index contributed by atoms with van der Waals surface area (Å²) in [5.41, 5.74) is 0. The van der Waals surface area contributed by atoms with E-state index in [9.17, 15) is 9.59 Å². The highest BCUT2D eigenvalue weighted by molar-refractivity contribution is 5.82. The number of amides is 1. The Hall–Kier alpha value is -1.06. The van der Waals surface area contributed by atoms with E-state index in [2.05, 4.69) is 26.1 Å². The fraction of sp³-hybridized carbons (Fsp3) is 0.875. The number of carbonyl (C=O) groups is 2. The molecule has 116 valence electrons. The summed E-state index contributed by atoms with van der Waals surface area (Å²) in [4.78, 5) is 23.2. The molecule has 0 saturated heterocycles. The third-order valence-electron chi connectivity index (χ3n) is 4.34.